The smallest absolute Gasteiger partial charge is 0.419 e. The molecule has 320 valence electrons. The molecule has 3 fully saturated rings. The minimum absolute atomic E-state index is 0.136. The van der Waals surface area contributed by atoms with E-state index < -0.39 is 28.9 Å². The number of aromatic amines is 1. The zero-order valence-corrected chi connectivity index (χ0v) is 33.4. The van der Waals surface area contributed by atoms with Crippen LogP contribution in [-0.4, -0.2) is 75.4 Å². The van der Waals surface area contributed by atoms with E-state index in [1.807, 2.05) is 12.2 Å². The number of hydrogen-bond donors (Lipinski definition) is 6. The van der Waals surface area contributed by atoms with Crippen LogP contribution in [0.3, 0.4) is 0 Å². The lowest BCUT2D eigenvalue weighted by Gasteiger charge is -2.34. The fraction of sp³-hybridized carbons (Fsp3) is 0.538. The number of nitrogens with two attached hydrogens (primary N) is 1. The summed E-state index contributed by atoms with van der Waals surface area (Å²) in [6, 6.07) is 7.12. The first-order valence-corrected chi connectivity index (χ1v) is 19.3. The third-order valence-corrected chi connectivity index (χ3v) is 9.40. The van der Waals surface area contributed by atoms with Gasteiger partial charge in [-0.15, -0.1) is 0 Å². The number of imide groups is 2. The Bertz CT molecular complexity index is 1790. The lowest BCUT2D eigenvalue weighted by molar-refractivity contribution is -0.385. The second-order valence-corrected chi connectivity index (χ2v) is 13.7. The van der Waals surface area contributed by atoms with E-state index in [4.69, 9.17) is 25.1 Å². The van der Waals surface area contributed by atoms with Crippen molar-refractivity contribution < 1.29 is 43.4 Å². The largest absolute Gasteiger partial charge is 0.501 e. The number of hydrogen-bond acceptors (Lipinski definition) is 13. The zero-order valence-electron chi connectivity index (χ0n) is 33.4. The Morgan fingerprint density at radius 2 is 1.45 bits per heavy atom. The molecule has 19 nitrogen and oxygen atoms in total. The molecule has 0 aliphatic heterocycles. The van der Waals surface area contributed by atoms with Crippen molar-refractivity contribution in [1.29, 1.82) is 0 Å². The molecule has 19 heteroatoms. The van der Waals surface area contributed by atoms with Gasteiger partial charge in [-0.25, -0.2) is 14.4 Å². The first-order chi connectivity index (χ1) is 27.7. The summed E-state index contributed by atoms with van der Waals surface area (Å²) in [5.41, 5.74) is 4.44. The van der Waals surface area contributed by atoms with Gasteiger partial charge in [0.1, 0.15) is 0 Å². The number of urea groups is 1. The van der Waals surface area contributed by atoms with Crippen LogP contribution in [0.1, 0.15) is 85.1 Å². The zero-order chi connectivity index (χ0) is 43.0. The van der Waals surface area contributed by atoms with Crippen LogP contribution in [0, 0.1) is 27.9 Å². The maximum Gasteiger partial charge on any atom is 0.419 e. The molecule has 0 atom stereocenters. The number of nitro benzene ring substituents is 1. The lowest BCUT2D eigenvalue weighted by atomic mass is 9.79. The standard InChI is InChI=1S/C12H12N2O6.C12H20N2O3.C9H12N2O3.C6H13N/c1-2-19-8-7-11(15)13-12(16)20-10-6-4-3-5-9(10)14(17)18;1-3-9-7-10(8-9)13-12(16)14-11(15)5-6-17-4-2;12-5-6-3-7(4-6)11-2-1-8(13)10-9(11)14;1-2-5-3-6(7)4-5/h3-8H,2H2,1H3,(H,13,15,16);5-6,9-10H,3-4,7-8H2,1-2H3,(H2,13,14,15,16);1-2,6-7,12H,3-5H2,(H,10,13,14);5-6H,2-4,7H2,1H3/b8-7+;6-5+;;. The first-order valence-electron chi connectivity index (χ1n) is 19.3. The number of carbonyl (C=O) groups excluding carboxylic acids is 4. The van der Waals surface area contributed by atoms with E-state index in [0.29, 0.717) is 31.1 Å². The fourth-order valence-corrected chi connectivity index (χ4v) is 5.85. The molecule has 2 aromatic rings. The normalized spacial score (nSPS) is 21.3. The van der Waals surface area contributed by atoms with E-state index in [-0.39, 0.29) is 41.4 Å². The van der Waals surface area contributed by atoms with Gasteiger partial charge in [0.2, 0.25) is 5.75 Å². The third kappa shape index (κ3) is 18.0. The molecule has 0 saturated heterocycles. The molecular weight excluding hydrogens is 758 g/mol. The Morgan fingerprint density at radius 3 is 1.95 bits per heavy atom. The first kappa shape index (κ1) is 48.3. The highest BCUT2D eigenvalue weighted by atomic mass is 16.6. The number of aliphatic hydroxyl groups is 1. The Morgan fingerprint density at radius 1 is 0.879 bits per heavy atom. The average molecular weight is 816 g/mol. The van der Waals surface area contributed by atoms with Gasteiger partial charge in [0.25, 0.3) is 17.4 Å². The minimum Gasteiger partial charge on any atom is -0.501 e. The van der Waals surface area contributed by atoms with Gasteiger partial charge >= 0.3 is 23.5 Å². The summed E-state index contributed by atoms with van der Waals surface area (Å²) in [6.07, 6.45) is 13.6. The highest BCUT2D eigenvalue weighted by Crippen LogP contribution is 2.36. The van der Waals surface area contributed by atoms with Crippen molar-refractivity contribution in [3.05, 3.63) is 92.2 Å². The van der Waals surface area contributed by atoms with Crippen molar-refractivity contribution in [2.45, 2.75) is 97.2 Å². The van der Waals surface area contributed by atoms with Crippen molar-refractivity contribution in [1.82, 2.24) is 25.5 Å². The molecule has 1 aromatic heterocycles. The quantitative estimate of drug-likeness (QED) is 0.0725. The maximum absolute atomic E-state index is 11.4. The SMILES string of the molecule is CCC1CC(N)C1.CCO/C=C/C(=O)NC(=O)NC1CC(CC)C1.CCO/C=C/C(=O)NC(=O)Oc1ccccc1[N+](=O)[O-].O=c1ccn(C2CC(CO)C2)c(=O)[nH]1. The lowest BCUT2D eigenvalue weighted by Crippen LogP contribution is -2.49. The minimum atomic E-state index is -1.12. The van der Waals surface area contributed by atoms with E-state index >= 15 is 0 Å². The number of aromatic nitrogens is 2. The van der Waals surface area contributed by atoms with Crippen LogP contribution in [0.15, 0.2) is 70.8 Å². The van der Waals surface area contributed by atoms with Crippen LogP contribution in [0.2, 0.25) is 0 Å². The monoisotopic (exact) mass is 815 g/mol. The summed E-state index contributed by atoms with van der Waals surface area (Å²) < 4.78 is 15.8. The average Bonchev–Trinajstić information content (AvgIpc) is 3.13. The number of nitro groups is 1. The van der Waals surface area contributed by atoms with Crippen molar-refractivity contribution in [3.63, 3.8) is 0 Å². The predicted molar refractivity (Wildman–Crippen MR) is 213 cm³/mol. The molecule has 5 rings (SSSR count). The van der Waals surface area contributed by atoms with Crippen LogP contribution < -0.4 is 37.7 Å². The van der Waals surface area contributed by atoms with Crippen LogP contribution in [0.5, 0.6) is 5.75 Å². The Labute approximate surface area is 336 Å². The fourth-order valence-electron chi connectivity index (χ4n) is 5.85. The summed E-state index contributed by atoms with van der Waals surface area (Å²) in [7, 11) is 0. The number of H-pyrrole nitrogens is 1. The van der Waals surface area contributed by atoms with Gasteiger partial charge in [0.05, 0.1) is 30.7 Å². The molecule has 3 saturated carbocycles. The molecule has 58 heavy (non-hydrogen) atoms. The number of aliphatic hydroxyl groups excluding tert-OH is 1. The molecular formula is C39H57N7O12. The van der Waals surface area contributed by atoms with Crippen LogP contribution in [0.25, 0.3) is 0 Å². The second-order valence-electron chi connectivity index (χ2n) is 13.7. The molecule has 7 N–H and O–H groups in total. The van der Waals surface area contributed by atoms with Gasteiger partial charge in [-0.3, -0.25) is 44.7 Å². The number of nitrogens with zero attached hydrogens (tertiary/aromatic N) is 2. The van der Waals surface area contributed by atoms with Crippen molar-refractivity contribution in [3.8, 4) is 5.75 Å². The summed E-state index contributed by atoms with van der Waals surface area (Å²) in [5, 5.41) is 26.4. The molecule has 0 spiro atoms. The molecule has 1 heterocycles. The number of carbonyl (C=O) groups is 4. The van der Waals surface area contributed by atoms with Crippen molar-refractivity contribution in [2.75, 3.05) is 19.8 Å². The molecule has 0 bridgehead atoms. The van der Waals surface area contributed by atoms with Gasteiger partial charge in [0, 0.05) is 55.2 Å². The van der Waals surface area contributed by atoms with E-state index in [9.17, 15) is 38.9 Å². The summed E-state index contributed by atoms with van der Waals surface area (Å²) in [6.45, 7) is 8.97. The van der Waals surface area contributed by atoms with Gasteiger partial charge < -0.3 is 30.4 Å². The Kier molecular flexibility index (Phi) is 21.8. The van der Waals surface area contributed by atoms with Crippen LogP contribution in [-0.2, 0) is 19.1 Å². The van der Waals surface area contributed by atoms with E-state index in [1.54, 1.807) is 6.92 Å². The topological polar surface area (TPSA) is 276 Å². The number of para-hydroxylation sites is 2. The van der Waals surface area contributed by atoms with Crippen LogP contribution in [0.4, 0.5) is 15.3 Å². The van der Waals surface area contributed by atoms with Gasteiger partial charge in [-0.1, -0.05) is 38.8 Å². The van der Waals surface area contributed by atoms with Crippen molar-refractivity contribution >= 4 is 29.6 Å². The molecule has 3 aliphatic carbocycles. The number of ether oxygens (including phenoxy) is 3. The van der Waals surface area contributed by atoms with E-state index in [0.717, 1.165) is 50.4 Å². The van der Waals surface area contributed by atoms with Gasteiger partial charge in [-0.2, -0.15) is 0 Å². The molecule has 0 unspecified atom stereocenters. The molecule has 1 aromatic carbocycles. The maximum atomic E-state index is 11.4. The van der Waals surface area contributed by atoms with E-state index in [2.05, 4.69) is 29.5 Å². The van der Waals surface area contributed by atoms with Gasteiger partial charge in [0.15, 0.2) is 0 Å². The summed E-state index contributed by atoms with van der Waals surface area (Å²) in [4.78, 5) is 79.5. The number of amides is 5. The third-order valence-electron chi connectivity index (χ3n) is 9.40. The highest BCUT2D eigenvalue weighted by Gasteiger charge is 2.30. The Hall–Kier alpha value is -5.82. The molecule has 0 radical (unpaired) electrons. The number of nitrogens with one attached hydrogen (secondary N) is 4. The van der Waals surface area contributed by atoms with E-state index in [1.165, 1.54) is 72.7 Å². The molecule has 3 aliphatic rings. The highest BCUT2D eigenvalue weighted by molar-refractivity contribution is 6.00. The summed E-state index contributed by atoms with van der Waals surface area (Å²) in [5.74, 6) is 0.503. The number of rotatable bonds is 13. The second kappa shape index (κ2) is 26.2. The van der Waals surface area contributed by atoms with Crippen molar-refractivity contribution in [2.24, 2.45) is 23.5 Å². The molecule has 5 amide bonds. The van der Waals surface area contributed by atoms with Crippen LogP contribution >= 0.6 is 0 Å². The van der Waals surface area contributed by atoms with Gasteiger partial charge in [-0.05, 0) is 76.2 Å². The number of benzene rings is 1. The predicted octanol–water partition coefficient (Wildman–Crippen LogP) is 3.92. The Balaban J connectivity index is 0.000000279. The summed E-state index contributed by atoms with van der Waals surface area (Å²) >= 11 is 0.